The van der Waals surface area contributed by atoms with E-state index in [9.17, 15) is 0 Å². The van der Waals surface area contributed by atoms with E-state index in [1.165, 1.54) is 0 Å². The lowest BCUT2D eigenvalue weighted by atomic mass is 10.3. The zero-order valence-corrected chi connectivity index (χ0v) is 7.75. The fourth-order valence-electron chi connectivity index (χ4n) is 1.08. The maximum atomic E-state index is 8.83. The van der Waals surface area contributed by atoms with Crippen molar-refractivity contribution in [3.8, 4) is 6.07 Å². The zero-order valence-electron chi connectivity index (χ0n) is 7.75. The van der Waals surface area contributed by atoms with Gasteiger partial charge in [0.25, 0.3) is 0 Å². The molecule has 2 aromatic rings. The molecule has 0 amide bonds. The number of rotatable bonds is 2. The molecule has 72 valence electrons. The molecule has 0 saturated heterocycles. The SMILES string of the molecule is N#Cc1cccnc1Nc1cnccn1. The van der Waals surface area contributed by atoms with Gasteiger partial charge >= 0.3 is 0 Å². The maximum Gasteiger partial charge on any atom is 0.150 e. The van der Waals surface area contributed by atoms with Crippen LogP contribution in [0.15, 0.2) is 36.9 Å². The van der Waals surface area contributed by atoms with E-state index < -0.39 is 0 Å². The Labute approximate surface area is 86.5 Å². The van der Waals surface area contributed by atoms with Gasteiger partial charge in [0.2, 0.25) is 0 Å². The van der Waals surface area contributed by atoms with Crippen molar-refractivity contribution in [2.45, 2.75) is 0 Å². The van der Waals surface area contributed by atoms with Gasteiger partial charge in [0.15, 0.2) is 0 Å². The van der Waals surface area contributed by atoms with Crippen LogP contribution in [0.1, 0.15) is 5.56 Å². The minimum Gasteiger partial charge on any atom is -0.323 e. The summed E-state index contributed by atoms with van der Waals surface area (Å²) in [5.74, 6) is 1.05. The van der Waals surface area contributed by atoms with Crippen molar-refractivity contribution in [1.82, 2.24) is 15.0 Å². The molecule has 0 aromatic carbocycles. The van der Waals surface area contributed by atoms with E-state index in [1.54, 1.807) is 36.9 Å². The first-order valence-electron chi connectivity index (χ1n) is 4.28. The number of hydrogen-bond donors (Lipinski definition) is 1. The van der Waals surface area contributed by atoms with Crippen molar-refractivity contribution < 1.29 is 0 Å². The third kappa shape index (κ3) is 2.06. The first kappa shape index (κ1) is 9.09. The Morgan fingerprint density at radius 2 is 2.13 bits per heavy atom. The number of nitrogens with zero attached hydrogens (tertiary/aromatic N) is 4. The second-order valence-electron chi connectivity index (χ2n) is 2.73. The highest BCUT2D eigenvalue weighted by molar-refractivity contribution is 5.58. The summed E-state index contributed by atoms with van der Waals surface area (Å²) in [6, 6.07) is 5.44. The van der Waals surface area contributed by atoms with E-state index in [0.717, 1.165) is 0 Å². The molecule has 0 radical (unpaired) electrons. The van der Waals surface area contributed by atoms with Gasteiger partial charge in [-0.3, -0.25) is 4.98 Å². The lowest BCUT2D eigenvalue weighted by molar-refractivity contribution is 1.18. The quantitative estimate of drug-likeness (QED) is 0.789. The Kier molecular flexibility index (Phi) is 2.52. The molecule has 0 unspecified atom stereocenters. The molecular formula is C10H7N5. The van der Waals surface area contributed by atoms with Crippen LogP contribution in [0.5, 0.6) is 0 Å². The zero-order chi connectivity index (χ0) is 10.5. The highest BCUT2D eigenvalue weighted by Gasteiger charge is 2.02. The van der Waals surface area contributed by atoms with E-state index >= 15 is 0 Å². The van der Waals surface area contributed by atoms with Crippen LogP contribution in [-0.2, 0) is 0 Å². The molecule has 1 N–H and O–H groups in total. The second kappa shape index (κ2) is 4.15. The topological polar surface area (TPSA) is 74.5 Å². The first-order valence-corrected chi connectivity index (χ1v) is 4.28. The summed E-state index contributed by atoms with van der Waals surface area (Å²) in [7, 11) is 0. The number of nitriles is 1. The van der Waals surface area contributed by atoms with Gasteiger partial charge in [0, 0.05) is 18.6 Å². The van der Waals surface area contributed by atoms with E-state index in [2.05, 4.69) is 20.3 Å². The van der Waals surface area contributed by atoms with Crippen LogP contribution in [0.25, 0.3) is 0 Å². The number of hydrogen-bond acceptors (Lipinski definition) is 5. The summed E-state index contributed by atoms with van der Waals surface area (Å²) in [5.41, 5.74) is 0.475. The van der Waals surface area contributed by atoms with Gasteiger partial charge in [-0.1, -0.05) is 0 Å². The van der Waals surface area contributed by atoms with Gasteiger partial charge in [0.1, 0.15) is 17.7 Å². The predicted molar refractivity (Wildman–Crippen MR) is 54.3 cm³/mol. The fourth-order valence-corrected chi connectivity index (χ4v) is 1.08. The van der Waals surface area contributed by atoms with Crippen LogP contribution >= 0.6 is 0 Å². The molecule has 2 rings (SSSR count). The Morgan fingerprint density at radius 1 is 1.20 bits per heavy atom. The largest absolute Gasteiger partial charge is 0.323 e. The van der Waals surface area contributed by atoms with Crippen molar-refractivity contribution in [3.63, 3.8) is 0 Å². The van der Waals surface area contributed by atoms with Gasteiger partial charge in [-0.2, -0.15) is 5.26 Å². The molecular weight excluding hydrogens is 190 g/mol. The number of anilines is 2. The Hall–Kier alpha value is -2.48. The van der Waals surface area contributed by atoms with E-state index in [-0.39, 0.29) is 0 Å². The van der Waals surface area contributed by atoms with Crippen LogP contribution in [0.3, 0.4) is 0 Å². The lowest BCUT2D eigenvalue weighted by Gasteiger charge is -2.04. The highest BCUT2D eigenvalue weighted by atomic mass is 15.1. The van der Waals surface area contributed by atoms with Crippen LogP contribution in [0, 0.1) is 11.3 Å². The van der Waals surface area contributed by atoms with Crippen LogP contribution < -0.4 is 5.32 Å². The molecule has 5 nitrogen and oxygen atoms in total. The van der Waals surface area contributed by atoms with Crippen molar-refractivity contribution >= 4 is 11.6 Å². The Bertz CT molecular complexity index is 489. The minimum atomic E-state index is 0.475. The van der Waals surface area contributed by atoms with Gasteiger partial charge in [-0.15, -0.1) is 0 Å². The van der Waals surface area contributed by atoms with Crippen LogP contribution in [0.2, 0.25) is 0 Å². The molecule has 2 aromatic heterocycles. The molecule has 0 aliphatic heterocycles. The molecule has 0 bridgehead atoms. The van der Waals surface area contributed by atoms with Crippen molar-refractivity contribution in [3.05, 3.63) is 42.5 Å². The minimum absolute atomic E-state index is 0.475. The third-order valence-corrected chi connectivity index (χ3v) is 1.74. The second-order valence-corrected chi connectivity index (χ2v) is 2.73. The Balaban J connectivity index is 2.29. The molecule has 0 aliphatic carbocycles. The van der Waals surface area contributed by atoms with Crippen LogP contribution in [-0.4, -0.2) is 15.0 Å². The molecule has 5 heteroatoms. The highest BCUT2D eigenvalue weighted by Crippen LogP contribution is 2.14. The maximum absolute atomic E-state index is 8.83. The molecule has 15 heavy (non-hydrogen) atoms. The lowest BCUT2D eigenvalue weighted by Crippen LogP contribution is -1.98. The normalized spacial score (nSPS) is 9.27. The van der Waals surface area contributed by atoms with Crippen LogP contribution in [0.4, 0.5) is 11.6 Å². The summed E-state index contributed by atoms with van der Waals surface area (Å²) < 4.78 is 0. The summed E-state index contributed by atoms with van der Waals surface area (Å²) in [4.78, 5) is 12.0. The van der Waals surface area contributed by atoms with E-state index in [1.807, 2.05) is 6.07 Å². The van der Waals surface area contributed by atoms with Gasteiger partial charge < -0.3 is 5.32 Å². The summed E-state index contributed by atoms with van der Waals surface area (Å²) in [6.45, 7) is 0. The molecule has 0 spiro atoms. The predicted octanol–water partition coefficient (Wildman–Crippen LogP) is 1.49. The number of pyridine rings is 1. The molecule has 0 aliphatic rings. The number of aromatic nitrogens is 3. The van der Waals surface area contributed by atoms with Crippen molar-refractivity contribution in [2.75, 3.05) is 5.32 Å². The van der Waals surface area contributed by atoms with Gasteiger partial charge in [-0.05, 0) is 12.1 Å². The van der Waals surface area contributed by atoms with Gasteiger partial charge in [0.05, 0.1) is 11.8 Å². The fraction of sp³-hybridized carbons (Fsp3) is 0. The van der Waals surface area contributed by atoms with Gasteiger partial charge in [-0.25, -0.2) is 9.97 Å². The van der Waals surface area contributed by atoms with E-state index in [4.69, 9.17) is 5.26 Å². The average molecular weight is 197 g/mol. The molecule has 0 fully saturated rings. The summed E-state index contributed by atoms with van der Waals surface area (Å²) in [6.07, 6.45) is 6.32. The third-order valence-electron chi connectivity index (χ3n) is 1.74. The standard InChI is InChI=1S/C10H7N5/c11-6-8-2-1-3-14-10(8)15-9-7-12-4-5-13-9/h1-5,7H,(H,13,14,15). The van der Waals surface area contributed by atoms with Crippen molar-refractivity contribution in [2.24, 2.45) is 0 Å². The monoisotopic (exact) mass is 197 g/mol. The summed E-state index contributed by atoms with van der Waals surface area (Å²) in [5, 5.41) is 11.7. The molecule has 2 heterocycles. The molecule has 0 saturated carbocycles. The Morgan fingerprint density at radius 3 is 2.87 bits per heavy atom. The van der Waals surface area contributed by atoms with Crippen molar-refractivity contribution in [1.29, 1.82) is 5.26 Å². The first-order chi connectivity index (χ1) is 7.40. The summed E-state index contributed by atoms with van der Waals surface area (Å²) >= 11 is 0. The number of nitrogens with one attached hydrogen (secondary N) is 1. The molecule has 0 atom stereocenters. The van der Waals surface area contributed by atoms with E-state index in [0.29, 0.717) is 17.2 Å². The average Bonchev–Trinajstić information content (AvgIpc) is 2.31. The smallest absolute Gasteiger partial charge is 0.150 e.